The van der Waals surface area contributed by atoms with Crippen LogP contribution in [0.4, 0.5) is 10.1 Å². The topological polar surface area (TPSA) is 98.6 Å². The summed E-state index contributed by atoms with van der Waals surface area (Å²) in [6.07, 6.45) is 1.28. The molecule has 0 spiro atoms. The van der Waals surface area contributed by atoms with Gasteiger partial charge < -0.3 is 10.3 Å². The van der Waals surface area contributed by atoms with Gasteiger partial charge in [0.2, 0.25) is 5.43 Å². The van der Waals surface area contributed by atoms with Crippen molar-refractivity contribution in [1.82, 2.24) is 9.97 Å². The Morgan fingerprint density at radius 1 is 1.33 bits per heavy atom. The molecule has 0 aliphatic rings. The fraction of sp³-hybridized carbons (Fsp3) is 0.0588. The van der Waals surface area contributed by atoms with E-state index in [0.29, 0.717) is 11.0 Å². The first kappa shape index (κ1) is 15.4. The van der Waals surface area contributed by atoms with E-state index in [9.17, 15) is 14.0 Å². The first-order chi connectivity index (χ1) is 11.5. The summed E-state index contributed by atoms with van der Waals surface area (Å²) in [5.74, 6) is -1.34. The second-order valence-electron chi connectivity index (χ2n) is 5.14. The van der Waals surface area contributed by atoms with Gasteiger partial charge in [-0.1, -0.05) is 0 Å². The van der Waals surface area contributed by atoms with E-state index in [4.69, 9.17) is 5.26 Å². The molecule has 2 N–H and O–H groups in total. The van der Waals surface area contributed by atoms with Gasteiger partial charge >= 0.3 is 0 Å². The second-order valence-corrected chi connectivity index (χ2v) is 5.14. The van der Waals surface area contributed by atoms with Crippen molar-refractivity contribution in [2.45, 2.75) is 6.92 Å². The van der Waals surface area contributed by atoms with Crippen LogP contribution in [0.25, 0.3) is 11.0 Å². The maximum atomic E-state index is 13.3. The number of pyridine rings is 2. The van der Waals surface area contributed by atoms with Crippen molar-refractivity contribution >= 4 is 22.6 Å². The van der Waals surface area contributed by atoms with E-state index in [1.807, 2.05) is 0 Å². The number of carbonyl (C=O) groups is 1. The number of nitriles is 1. The number of aryl methyl sites for hydroxylation is 1. The number of aromatic amines is 1. The molecule has 6 nitrogen and oxygen atoms in total. The number of hydrogen-bond acceptors (Lipinski definition) is 4. The summed E-state index contributed by atoms with van der Waals surface area (Å²) in [6, 6.07) is 8.55. The average molecular weight is 322 g/mol. The van der Waals surface area contributed by atoms with Crippen LogP contribution in [0.1, 0.15) is 21.6 Å². The Balaban J connectivity index is 1.98. The lowest BCUT2D eigenvalue weighted by molar-refractivity contribution is 0.102. The Hall–Kier alpha value is -3.53. The molecule has 0 atom stereocenters. The lowest BCUT2D eigenvalue weighted by Gasteiger charge is -2.06. The molecule has 0 aliphatic heterocycles. The van der Waals surface area contributed by atoms with Gasteiger partial charge in [-0.3, -0.25) is 9.59 Å². The third-order valence-corrected chi connectivity index (χ3v) is 3.47. The molecule has 2 aromatic heterocycles. The third-order valence-electron chi connectivity index (χ3n) is 3.47. The van der Waals surface area contributed by atoms with Crippen LogP contribution in [-0.4, -0.2) is 15.9 Å². The molecule has 118 valence electrons. The van der Waals surface area contributed by atoms with Crippen molar-refractivity contribution in [2.24, 2.45) is 0 Å². The second kappa shape index (κ2) is 5.93. The quantitative estimate of drug-likeness (QED) is 0.757. The maximum Gasteiger partial charge on any atom is 0.261 e. The Labute approximate surface area is 135 Å². The van der Waals surface area contributed by atoms with Crippen LogP contribution in [0.2, 0.25) is 0 Å². The number of rotatable bonds is 2. The number of fused-ring (bicyclic) bond motifs is 1. The van der Waals surface area contributed by atoms with E-state index in [2.05, 4.69) is 15.3 Å². The molecule has 1 aromatic carbocycles. The molecule has 0 bridgehead atoms. The molecule has 1 amide bonds. The number of anilines is 1. The van der Waals surface area contributed by atoms with Gasteiger partial charge in [0.1, 0.15) is 23.1 Å². The van der Waals surface area contributed by atoms with Gasteiger partial charge in [0, 0.05) is 17.6 Å². The van der Waals surface area contributed by atoms with Crippen molar-refractivity contribution in [3.05, 3.63) is 69.4 Å². The summed E-state index contributed by atoms with van der Waals surface area (Å²) in [5.41, 5.74) is 0.600. The minimum atomic E-state index is -0.680. The number of H-pyrrole nitrogens is 1. The van der Waals surface area contributed by atoms with E-state index in [-0.39, 0.29) is 16.8 Å². The zero-order valence-electron chi connectivity index (χ0n) is 12.6. The number of aromatic nitrogens is 2. The van der Waals surface area contributed by atoms with Gasteiger partial charge in [-0.2, -0.15) is 5.26 Å². The van der Waals surface area contributed by atoms with Gasteiger partial charge in [0.15, 0.2) is 0 Å². The fourth-order valence-corrected chi connectivity index (χ4v) is 2.26. The van der Waals surface area contributed by atoms with Crippen LogP contribution >= 0.6 is 0 Å². The molecule has 0 fully saturated rings. The van der Waals surface area contributed by atoms with Gasteiger partial charge in [-0.15, -0.1) is 0 Å². The average Bonchev–Trinajstić information content (AvgIpc) is 2.56. The minimum absolute atomic E-state index is 0.101. The molecule has 7 heteroatoms. The van der Waals surface area contributed by atoms with Crippen molar-refractivity contribution in [2.75, 3.05) is 5.32 Å². The molecule has 3 aromatic rings. The minimum Gasteiger partial charge on any atom is -0.345 e. The summed E-state index contributed by atoms with van der Waals surface area (Å²) in [4.78, 5) is 31.7. The Morgan fingerprint density at radius 3 is 2.88 bits per heavy atom. The zero-order chi connectivity index (χ0) is 17.3. The van der Waals surface area contributed by atoms with Gasteiger partial charge in [0.25, 0.3) is 5.91 Å². The summed E-state index contributed by atoms with van der Waals surface area (Å²) < 4.78 is 13.3. The molecule has 3 rings (SSSR count). The van der Waals surface area contributed by atoms with E-state index >= 15 is 0 Å². The summed E-state index contributed by atoms with van der Waals surface area (Å²) >= 11 is 0. The number of nitrogens with zero attached hydrogens (tertiary/aromatic N) is 2. The summed E-state index contributed by atoms with van der Waals surface area (Å²) in [5, 5.41) is 11.6. The van der Waals surface area contributed by atoms with E-state index < -0.39 is 17.2 Å². The van der Waals surface area contributed by atoms with E-state index in [0.717, 1.165) is 11.8 Å². The van der Waals surface area contributed by atoms with Gasteiger partial charge in [-0.05, 0) is 37.3 Å². The summed E-state index contributed by atoms with van der Waals surface area (Å²) in [6.45, 7) is 1.79. The molecule has 2 heterocycles. The molecule has 0 saturated carbocycles. The van der Waals surface area contributed by atoms with Gasteiger partial charge in [0.05, 0.1) is 10.9 Å². The van der Waals surface area contributed by atoms with E-state index in [1.165, 1.54) is 18.3 Å². The highest BCUT2D eigenvalue weighted by molar-refractivity contribution is 6.05. The lowest BCUT2D eigenvalue weighted by atomic mass is 10.1. The molecule has 0 saturated heterocycles. The van der Waals surface area contributed by atoms with Gasteiger partial charge in [-0.25, -0.2) is 9.37 Å². The highest BCUT2D eigenvalue weighted by Gasteiger charge is 2.14. The first-order valence-corrected chi connectivity index (χ1v) is 6.99. The smallest absolute Gasteiger partial charge is 0.261 e. The van der Waals surface area contributed by atoms with Crippen LogP contribution < -0.4 is 10.7 Å². The van der Waals surface area contributed by atoms with Crippen LogP contribution in [0.5, 0.6) is 0 Å². The largest absolute Gasteiger partial charge is 0.345 e. The number of amides is 1. The predicted octanol–water partition coefficient (Wildman–Crippen LogP) is 2.49. The van der Waals surface area contributed by atoms with Crippen molar-refractivity contribution in [1.29, 1.82) is 5.26 Å². The SMILES string of the molecule is Cc1ccc2c(=O)c(C(=O)Nc3ccc(F)c(C#N)c3)c[nH]c2n1. The maximum absolute atomic E-state index is 13.3. The van der Waals surface area contributed by atoms with Crippen LogP contribution in [-0.2, 0) is 0 Å². The number of carbonyl (C=O) groups excluding carboxylic acids is 1. The van der Waals surface area contributed by atoms with E-state index in [1.54, 1.807) is 25.1 Å². The van der Waals surface area contributed by atoms with Crippen molar-refractivity contribution in [3.63, 3.8) is 0 Å². The van der Waals surface area contributed by atoms with Crippen LogP contribution in [0, 0.1) is 24.1 Å². The highest BCUT2D eigenvalue weighted by Crippen LogP contribution is 2.15. The molecule has 0 radical (unpaired) electrons. The van der Waals surface area contributed by atoms with Crippen LogP contribution in [0.15, 0.2) is 41.3 Å². The van der Waals surface area contributed by atoms with Crippen LogP contribution in [0.3, 0.4) is 0 Å². The number of hydrogen-bond donors (Lipinski definition) is 2. The standard InChI is InChI=1S/C17H11FN4O2/c1-9-2-4-12-15(23)13(8-20-16(12)21-9)17(24)22-11-3-5-14(18)10(6-11)7-19/h2-6,8H,1H3,(H,22,24)(H,20,21,23). The van der Waals surface area contributed by atoms with Crippen molar-refractivity contribution < 1.29 is 9.18 Å². The lowest BCUT2D eigenvalue weighted by Crippen LogP contribution is -2.22. The number of benzene rings is 1. The fourth-order valence-electron chi connectivity index (χ4n) is 2.26. The third kappa shape index (κ3) is 2.73. The molecule has 24 heavy (non-hydrogen) atoms. The Kier molecular flexibility index (Phi) is 3.80. The van der Waals surface area contributed by atoms with Crippen molar-refractivity contribution in [3.8, 4) is 6.07 Å². The zero-order valence-corrected chi connectivity index (χ0v) is 12.6. The summed E-state index contributed by atoms with van der Waals surface area (Å²) in [7, 11) is 0. The Morgan fingerprint density at radius 2 is 2.12 bits per heavy atom. The number of nitrogens with one attached hydrogen (secondary N) is 2. The monoisotopic (exact) mass is 322 g/mol. The highest BCUT2D eigenvalue weighted by atomic mass is 19.1. The predicted molar refractivity (Wildman–Crippen MR) is 86.2 cm³/mol. The molecular formula is C17H11FN4O2. The normalized spacial score (nSPS) is 10.4. The number of halogens is 1. The first-order valence-electron chi connectivity index (χ1n) is 6.99. The molecular weight excluding hydrogens is 311 g/mol. The molecule has 0 unspecified atom stereocenters. The molecule has 0 aliphatic carbocycles. The Bertz CT molecular complexity index is 1070.